The van der Waals surface area contributed by atoms with Crippen molar-refractivity contribution in [3.8, 4) is 5.75 Å². The molecule has 1 aliphatic heterocycles. The molecule has 5 nitrogen and oxygen atoms in total. The normalized spacial score (nSPS) is 17.0. The third kappa shape index (κ3) is 1.75. The first-order valence-electron chi connectivity index (χ1n) is 5.86. The van der Waals surface area contributed by atoms with Crippen molar-refractivity contribution in [2.45, 2.75) is 10.6 Å². The molecule has 0 aliphatic carbocycles. The van der Waals surface area contributed by atoms with Crippen LogP contribution in [0, 0.1) is 5.82 Å². The highest BCUT2D eigenvalue weighted by Crippen LogP contribution is 2.39. The number of hydrogen-bond donors (Lipinski definition) is 1. The van der Waals surface area contributed by atoms with Gasteiger partial charge in [-0.05, 0) is 18.4 Å². The maximum absolute atomic E-state index is 13.6. The van der Waals surface area contributed by atoms with E-state index >= 15 is 0 Å². The fraction of sp³-hybridized carbons (Fsp3) is 0.167. The molecule has 0 amide bonds. The SMILES string of the molecule is CSc1nn2cc(C3Nc4cccc(F)c4O3)nc2s1. The van der Waals surface area contributed by atoms with Crippen LogP contribution in [0.5, 0.6) is 5.75 Å². The standard InChI is InChI=1S/C12H9FN4OS2/c1-19-12-16-17-5-8(15-11(17)20-12)10-14-7-4-2-3-6(13)9(7)18-10/h2-5,10,14H,1H3. The van der Waals surface area contributed by atoms with Crippen molar-refractivity contribution in [1.29, 1.82) is 0 Å². The largest absolute Gasteiger partial charge is 0.459 e. The second-order valence-corrected chi connectivity index (χ2v) is 6.23. The highest BCUT2D eigenvalue weighted by atomic mass is 32.2. The zero-order chi connectivity index (χ0) is 13.7. The number of nitrogens with zero attached hydrogens (tertiary/aromatic N) is 3. The van der Waals surface area contributed by atoms with Crippen molar-refractivity contribution in [3.63, 3.8) is 0 Å². The molecule has 1 atom stereocenters. The van der Waals surface area contributed by atoms with E-state index in [0.717, 1.165) is 9.30 Å². The van der Waals surface area contributed by atoms with Crippen molar-refractivity contribution in [1.82, 2.24) is 14.6 Å². The maximum Gasteiger partial charge on any atom is 0.215 e. The molecular formula is C12H9FN4OS2. The van der Waals surface area contributed by atoms with E-state index in [-0.39, 0.29) is 11.6 Å². The van der Waals surface area contributed by atoms with E-state index < -0.39 is 6.23 Å². The average Bonchev–Trinajstić information content (AvgIpc) is 3.09. The van der Waals surface area contributed by atoms with Crippen LogP contribution in [0.2, 0.25) is 0 Å². The lowest BCUT2D eigenvalue weighted by Gasteiger charge is -2.07. The van der Waals surface area contributed by atoms with E-state index in [4.69, 9.17) is 4.74 Å². The number of nitrogens with one attached hydrogen (secondary N) is 1. The molecule has 4 rings (SSSR count). The molecule has 1 aromatic carbocycles. The van der Waals surface area contributed by atoms with Crippen molar-refractivity contribution in [2.24, 2.45) is 0 Å². The Bertz CT molecular complexity index is 768. The first-order valence-corrected chi connectivity index (χ1v) is 7.90. The van der Waals surface area contributed by atoms with Gasteiger partial charge in [0.2, 0.25) is 11.2 Å². The summed E-state index contributed by atoms with van der Waals surface area (Å²) in [7, 11) is 0. The first-order chi connectivity index (χ1) is 9.74. The summed E-state index contributed by atoms with van der Waals surface area (Å²) in [5.41, 5.74) is 1.33. The fourth-order valence-electron chi connectivity index (χ4n) is 2.07. The summed E-state index contributed by atoms with van der Waals surface area (Å²) in [4.78, 5) is 5.27. The van der Waals surface area contributed by atoms with Crippen molar-refractivity contribution < 1.29 is 9.13 Å². The lowest BCUT2D eigenvalue weighted by Crippen LogP contribution is -2.10. The highest BCUT2D eigenvalue weighted by molar-refractivity contribution is 8.00. The van der Waals surface area contributed by atoms with Crippen LogP contribution >= 0.6 is 23.1 Å². The van der Waals surface area contributed by atoms with Crippen molar-refractivity contribution in [3.05, 3.63) is 35.9 Å². The zero-order valence-corrected chi connectivity index (χ0v) is 12.0. The Labute approximate surface area is 121 Å². The number of para-hydroxylation sites is 1. The van der Waals surface area contributed by atoms with Gasteiger partial charge in [0.05, 0.1) is 11.9 Å². The number of aromatic nitrogens is 3. The minimum atomic E-state index is -0.478. The number of halogens is 1. The Kier molecular flexibility index (Phi) is 2.61. The molecule has 3 heterocycles. The second kappa shape index (κ2) is 4.35. The molecule has 102 valence electrons. The van der Waals surface area contributed by atoms with Crippen LogP contribution in [-0.2, 0) is 0 Å². The summed E-state index contributed by atoms with van der Waals surface area (Å²) in [5, 5.41) is 7.47. The molecule has 0 radical (unpaired) electrons. The number of benzene rings is 1. The predicted molar refractivity (Wildman–Crippen MR) is 76.0 cm³/mol. The quantitative estimate of drug-likeness (QED) is 0.737. The van der Waals surface area contributed by atoms with E-state index in [1.165, 1.54) is 17.4 Å². The Hall–Kier alpha value is -1.80. The average molecular weight is 308 g/mol. The molecule has 3 aromatic rings. The van der Waals surface area contributed by atoms with Crippen LogP contribution in [0.1, 0.15) is 11.9 Å². The molecule has 0 fully saturated rings. The lowest BCUT2D eigenvalue weighted by atomic mass is 10.3. The highest BCUT2D eigenvalue weighted by Gasteiger charge is 2.28. The van der Waals surface area contributed by atoms with Gasteiger partial charge in [0.15, 0.2) is 15.9 Å². The van der Waals surface area contributed by atoms with Crippen LogP contribution in [-0.4, -0.2) is 20.9 Å². The van der Waals surface area contributed by atoms with Gasteiger partial charge in [-0.2, -0.15) is 0 Å². The lowest BCUT2D eigenvalue weighted by molar-refractivity contribution is 0.245. The number of imidazole rings is 1. The topological polar surface area (TPSA) is 51.5 Å². The van der Waals surface area contributed by atoms with Crippen LogP contribution < -0.4 is 10.1 Å². The molecule has 0 spiro atoms. The van der Waals surface area contributed by atoms with E-state index in [0.29, 0.717) is 11.4 Å². The fourth-order valence-corrected chi connectivity index (χ4v) is 3.42. The number of ether oxygens (including phenoxy) is 1. The van der Waals surface area contributed by atoms with Gasteiger partial charge in [-0.15, -0.1) is 5.10 Å². The minimum absolute atomic E-state index is 0.242. The Morgan fingerprint density at radius 3 is 3.15 bits per heavy atom. The Morgan fingerprint density at radius 1 is 1.50 bits per heavy atom. The number of thioether (sulfide) groups is 1. The van der Waals surface area contributed by atoms with Crippen LogP contribution in [0.4, 0.5) is 10.1 Å². The zero-order valence-electron chi connectivity index (χ0n) is 10.3. The molecule has 8 heteroatoms. The summed E-state index contributed by atoms with van der Waals surface area (Å²) in [6.45, 7) is 0. The van der Waals surface area contributed by atoms with E-state index in [1.54, 1.807) is 34.6 Å². The molecule has 2 aromatic heterocycles. The maximum atomic E-state index is 13.6. The number of anilines is 1. The molecule has 1 aliphatic rings. The van der Waals surface area contributed by atoms with Gasteiger partial charge in [0.25, 0.3) is 0 Å². The smallest absolute Gasteiger partial charge is 0.215 e. The summed E-state index contributed by atoms with van der Waals surface area (Å²) in [6, 6.07) is 4.80. The van der Waals surface area contributed by atoms with Gasteiger partial charge in [-0.3, -0.25) is 0 Å². The molecule has 0 bridgehead atoms. The predicted octanol–water partition coefficient (Wildman–Crippen LogP) is 3.15. The van der Waals surface area contributed by atoms with Gasteiger partial charge >= 0.3 is 0 Å². The second-order valence-electron chi connectivity index (χ2n) is 4.22. The molecule has 1 unspecified atom stereocenters. The van der Waals surface area contributed by atoms with E-state index in [9.17, 15) is 4.39 Å². The summed E-state index contributed by atoms with van der Waals surface area (Å²) in [6.07, 6.45) is 3.29. The van der Waals surface area contributed by atoms with E-state index in [2.05, 4.69) is 15.4 Å². The summed E-state index contributed by atoms with van der Waals surface area (Å²) in [5.74, 6) is -0.132. The molecular weight excluding hydrogens is 299 g/mol. The number of fused-ring (bicyclic) bond motifs is 2. The number of rotatable bonds is 2. The molecule has 0 saturated heterocycles. The summed E-state index contributed by atoms with van der Waals surface area (Å²) < 4.78 is 21.9. The van der Waals surface area contributed by atoms with Crippen molar-refractivity contribution >= 4 is 33.7 Å². The minimum Gasteiger partial charge on any atom is -0.459 e. The van der Waals surface area contributed by atoms with Gasteiger partial charge in [0.1, 0.15) is 5.69 Å². The van der Waals surface area contributed by atoms with Gasteiger partial charge in [-0.1, -0.05) is 29.2 Å². The molecule has 1 N–H and O–H groups in total. The van der Waals surface area contributed by atoms with Crippen LogP contribution in [0.15, 0.2) is 28.7 Å². The first kappa shape index (κ1) is 12.0. The van der Waals surface area contributed by atoms with E-state index in [1.807, 2.05) is 6.26 Å². The van der Waals surface area contributed by atoms with Gasteiger partial charge in [0, 0.05) is 0 Å². The van der Waals surface area contributed by atoms with Crippen LogP contribution in [0.25, 0.3) is 4.96 Å². The van der Waals surface area contributed by atoms with Gasteiger partial charge in [-0.25, -0.2) is 13.9 Å². The van der Waals surface area contributed by atoms with Crippen LogP contribution in [0.3, 0.4) is 0 Å². The third-order valence-corrected chi connectivity index (χ3v) is 4.87. The molecule has 0 saturated carbocycles. The molecule has 20 heavy (non-hydrogen) atoms. The van der Waals surface area contributed by atoms with Gasteiger partial charge < -0.3 is 10.1 Å². The Morgan fingerprint density at radius 2 is 2.40 bits per heavy atom. The summed E-state index contributed by atoms with van der Waals surface area (Å²) >= 11 is 3.09. The van der Waals surface area contributed by atoms with Crippen molar-refractivity contribution in [2.75, 3.05) is 11.6 Å². The Balaban J connectivity index is 1.68. The monoisotopic (exact) mass is 308 g/mol. The third-order valence-electron chi connectivity index (χ3n) is 2.98. The number of hydrogen-bond acceptors (Lipinski definition) is 6.